The molecule has 1 aromatic carbocycles. The molecule has 0 unspecified atom stereocenters. The maximum absolute atomic E-state index is 12.7. The van der Waals surface area contributed by atoms with Crippen molar-refractivity contribution < 1.29 is 13.9 Å². The molecule has 1 aliphatic heterocycles. The van der Waals surface area contributed by atoms with Gasteiger partial charge in [0.15, 0.2) is 5.76 Å². The lowest BCUT2D eigenvalue weighted by atomic mass is 9.88. The number of carbonyl (C=O) groups is 1. The standard InChI is InChI=1S/C26H31N3O3/c1-16-17(2)19(4)23(20(5)18(16)3)14-22-7-8-24(32-22)26(30)28-21-6-9-25(27-15-21)29-10-12-31-13-11-29/h6-9,15H,10-14H2,1-5H3,(H,28,30). The molecule has 1 N–H and O–H groups in total. The summed E-state index contributed by atoms with van der Waals surface area (Å²) in [5, 5.41) is 2.88. The molecule has 0 radical (unpaired) electrons. The van der Waals surface area contributed by atoms with Gasteiger partial charge >= 0.3 is 0 Å². The van der Waals surface area contributed by atoms with Crippen LogP contribution in [-0.4, -0.2) is 37.2 Å². The van der Waals surface area contributed by atoms with Crippen LogP contribution in [0.4, 0.5) is 11.5 Å². The second kappa shape index (κ2) is 9.17. The second-order valence-electron chi connectivity index (χ2n) is 8.50. The van der Waals surface area contributed by atoms with Crippen LogP contribution in [0.15, 0.2) is 34.9 Å². The van der Waals surface area contributed by atoms with Crippen molar-refractivity contribution >= 4 is 17.4 Å². The van der Waals surface area contributed by atoms with E-state index in [9.17, 15) is 4.79 Å². The fraction of sp³-hybridized carbons (Fsp3) is 0.385. The van der Waals surface area contributed by atoms with Gasteiger partial charge in [0.1, 0.15) is 11.6 Å². The lowest BCUT2D eigenvalue weighted by molar-refractivity contribution is 0.0995. The fourth-order valence-corrected chi connectivity index (χ4v) is 4.24. The quantitative estimate of drug-likeness (QED) is 0.620. The Morgan fingerprint density at radius 1 is 0.938 bits per heavy atom. The van der Waals surface area contributed by atoms with Crippen molar-refractivity contribution in [2.24, 2.45) is 0 Å². The van der Waals surface area contributed by atoms with Gasteiger partial charge in [0, 0.05) is 19.5 Å². The molecule has 6 heteroatoms. The first-order chi connectivity index (χ1) is 15.3. The predicted octanol–water partition coefficient (Wildman–Crippen LogP) is 4.90. The van der Waals surface area contributed by atoms with E-state index in [0.717, 1.165) is 24.7 Å². The number of ether oxygens (including phenoxy) is 1. The molecule has 1 amide bonds. The number of furan rings is 1. The third kappa shape index (κ3) is 4.41. The Hall–Kier alpha value is -3.12. The van der Waals surface area contributed by atoms with Crippen LogP contribution in [0, 0.1) is 34.6 Å². The molecule has 0 aliphatic carbocycles. The summed E-state index contributed by atoms with van der Waals surface area (Å²) in [4.78, 5) is 19.3. The molecule has 1 fully saturated rings. The minimum atomic E-state index is -0.276. The Kier molecular flexibility index (Phi) is 6.33. The van der Waals surface area contributed by atoms with E-state index >= 15 is 0 Å². The summed E-state index contributed by atoms with van der Waals surface area (Å²) in [6.45, 7) is 13.9. The number of aromatic nitrogens is 1. The van der Waals surface area contributed by atoms with Gasteiger partial charge in [-0.1, -0.05) is 0 Å². The zero-order chi connectivity index (χ0) is 22.8. The number of pyridine rings is 1. The van der Waals surface area contributed by atoms with Gasteiger partial charge in [0.25, 0.3) is 5.91 Å². The average molecular weight is 434 g/mol. The summed E-state index contributed by atoms with van der Waals surface area (Å²) in [6, 6.07) is 7.41. The van der Waals surface area contributed by atoms with E-state index in [-0.39, 0.29) is 5.91 Å². The van der Waals surface area contributed by atoms with E-state index in [2.05, 4.69) is 49.8 Å². The molecule has 0 saturated carbocycles. The van der Waals surface area contributed by atoms with E-state index in [1.165, 1.54) is 33.4 Å². The zero-order valence-electron chi connectivity index (χ0n) is 19.5. The monoisotopic (exact) mass is 433 g/mol. The molecule has 0 spiro atoms. The average Bonchev–Trinajstić information content (AvgIpc) is 3.29. The zero-order valence-corrected chi connectivity index (χ0v) is 19.5. The number of carbonyl (C=O) groups excluding carboxylic acids is 1. The summed E-state index contributed by atoms with van der Waals surface area (Å²) < 4.78 is 11.3. The maximum atomic E-state index is 12.7. The van der Waals surface area contributed by atoms with Crippen molar-refractivity contribution in [3.63, 3.8) is 0 Å². The number of benzene rings is 1. The smallest absolute Gasteiger partial charge is 0.291 e. The second-order valence-corrected chi connectivity index (χ2v) is 8.50. The van der Waals surface area contributed by atoms with Crippen molar-refractivity contribution in [3.05, 3.63) is 75.4 Å². The number of rotatable bonds is 5. The van der Waals surface area contributed by atoms with Crippen LogP contribution in [0.25, 0.3) is 0 Å². The third-order valence-electron chi connectivity index (χ3n) is 6.73. The van der Waals surface area contributed by atoms with Gasteiger partial charge in [-0.3, -0.25) is 4.79 Å². The van der Waals surface area contributed by atoms with E-state index in [4.69, 9.17) is 9.15 Å². The predicted molar refractivity (Wildman–Crippen MR) is 127 cm³/mol. The Balaban J connectivity index is 1.44. The molecule has 3 heterocycles. The molecule has 1 aliphatic rings. The van der Waals surface area contributed by atoms with Gasteiger partial charge in [-0.15, -0.1) is 0 Å². The van der Waals surface area contributed by atoms with Crippen LogP contribution >= 0.6 is 0 Å². The molecule has 1 saturated heterocycles. The highest BCUT2D eigenvalue weighted by Gasteiger charge is 2.17. The molecule has 6 nitrogen and oxygen atoms in total. The SMILES string of the molecule is Cc1c(C)c(C)c(Cc2ccc(C(=O)Nc3ccc(N4CCOCC4)nc3)o2)c(C)c1C. The number of hydrogen-bond acceptors (Lipinski definition) is 5. The maximum Gasteiger partial charge on any atom is 0.291 e. The molecule has 3 aromatic rings. The Bertz CT molecular complexity index is 1100. The Labute approximate surface area is 189 Å². The van der Waals surface area contributed by atoms with Crippen molar-refractivity contribution in [2.45, 2.75) is 41.0 Å². The minimum Gasteiger partial charge on any atom is -0.456 e. The first-order valence-electron chi connectivity index (χ1n) is 11.1. The molecule has 0 atom stereocenters. The lowest BCUT2D eigenvalue weighted by Crippen LogP contribution is -2.36. The van der Waals surface area contributed by atoms with Crippen molar-refractivity contribution in [2.75, 3.05) is 36.5 Å². The number of amides is 1. The van der Waals surface area contributed by atoms with E-state index in [0.29, 0.717) is 31.1 Å². The number of nitrogens with zero attached hydrogens (tertiary/aromatic N) is 2. The highest BCUT2D eigenvalue weighted by Crippen LogP contribution is 2.28. The van der Waals surface area contributed by atoms with Crippen molar-refractivity contribution in [1.29, 1.82) is 0 Å². The first-order valence-corrected chi connectivity index (χ1v) is 11.1. The van der Waals surface area contributed by atoms with Crippen LogP contribution in [0.3, 0.4) is 0 Å². The van der Waals surface area contributed by atoms with Gasteiger partial charge in [-0.25, -0.2) is 4.98 Å². The molecule has 32 heavy (non-hydrogen) atoms. The summed E-state index contributed by atoms with van der Waals surface area (Å²) in [5.41, 5.74) is 8.48. The van der Waals surface area contributed by atoms with Crippen LogP contribution in [0.1, 0.15) is 49.7 Å². The summed E-state index contributed by atoms with van der Waals surface area (Å²) in [7, 11) is 0. The summed E-state index contributed by atoms with van der Waals surface area (Å²) in [6.07, 6.45) is 2.35. The van der Waals surface area contributed by atoms with Gasteiger partial charge in [0.05, 0.1) is 25.1 Å². The van der Waals surface area contributed by atoms with Crippen molar-refractivity contribution in [3.8, 4) is 0 Å². The summed E-state index contributed by atoms with van der Waals surface area (Å²) in [5.74, 6) is 1.70. The van der Waals surface area contributed by atoms with Crippen LogP contribution in [0.5, 0.6) is 0 Å². The largest absolute Gasteiger partial charge is 0.456 e. The molecule has 4 rings (SSSR count). The Morgan fingerprint density at radius 3 is 2.22 bits per heavy atom. The molecular formula is C26H31N3O3. The molecule has 0 bridgehead atoms. The first kappa shape index (κ1) is 22.1. The molecule has 168 valence electrons. The lowest BCUT2D eigenvalue weighted by Gasteiger charge is -2.27. The van der Waals surface area contributed by atoms with Crippen LogP contribution in [0.2, 0.25) is 0 Å². The topological polar surface area (TPSA) is 67.6 Å². The van der Waals surface area contributed by atoms with E-state index in [1.807, 2.05) is 18.2 Å². The normalized spacial score (nSPS) is 14.0. The van der Waals surface area contributed by atoms with Gasteiger partial charge in [-0.05, 0) is 92.3 Å². The van der Waals surface area contributed by atoms with Gasteiger partial charge < -0.3 is 19.4 Å². The van der Waals surface area contributed by atoms with Gasteiger partial charge in [-0.2, -0.15) is 0 Å². The van der Waals surface area contributed by atoms with E-state index < -0.39 is 0 Å². The molecular weight excluding hydrogens is 402 g/mol. The number of hydrogen-bond donors (Lipinski definition) is 1. The van der Waals surface area contributed by atoms with Gasteiger partial charge in [0.2, 0.25) is 0 Å². The highest BCUT2D eigenvalue weighted by molar-refractivity contribution is 6.02. The number of nitrogens with one attached hydrogen (secondary N) is 1. The number of morpholine rings is 1. The Morgan fingerprint density at radius 2 is 1.59 bits per heavy atom. The number of anilines is 2. The fourth-order valence-electron chi connectivity index (χ4n) is 4.24. The van der Waals surface area contributed by atoms with E-state index in [1.54, 1.807) is 12.3 Å². The summed E-state index contributed by atoms with van der Waals surface area (Å²) >= 11 is 0. The highest BCUT2D eigenvalue weighted by atomic mass is 16.5. The minimum absolute atomic E-state index is 0.276. The third-order valence-corrected chi connectivity index (χ3v) is 6.73. The molecule has 2 aromatic heterocycles. The van der Waals surface area contributed by atoms with Crippen molar-refractivity contribution in [1.82, 2.24) is 4.98 Å². The van der Waals surface area contributed by atoms with Crippen LogP contribution in [-0.2, 0) is 11.2 Å². The van der Waals surface area contributed by atoms with Crippen LogP contribution < -0.4 is 10.2 Å².